The Balaban J connectivity index is 0.00000288. The van der Waals surface area contributed by atoms with Gasteiger partial charge in [-0.25, -0.2) is 0 Å². The Labute approximate surface area is 147 Å². The van der Waals surface area contributed by atoms with Crippen LogP contribution in [0.4, 0.5) is 0 Å². The zero-order valence-corrected chi connectivity index (χ0v) is 14.8. The Hall–Kier alpha value is -1.27. The van der Waals surface area contributed by atoms with Crippen molar-refractivity contribution >= 4 is 20.0 Å². The maximum Gasteiger partial charge on any atom is 0.332 e. The molecule has 1 unspecified atom stereocenters. The van der Waals surface area contributed by atoms with E-state index >= 15 is 0 Å². The molecular weight excluding hydrogens is 351 g/mol. The number of nitrogens with one attached hydrogen (secondary N) is 1. The molecule has 1 aromatic heterocycles. The van der Waals surface area contributed by atoms with Crippen molar-refractivity contribution in [3.05, 3.63) is 66.0 Å². The molecule has 0 aliphatic rings. The van der Waals surface area contributed by atoms with Crippen molar-refractivity contribution in [3.63, 3.8) is 0 Å². The Morgan fingerprint density at radius 2 is 1.88 bits per heavy atom. The number of aliphatic hydroxyl groups is 1. The van der Waals surface area contributed by atoms with Gasteiger partial charge in [0.05, 0.1) is 24.6 Å². The van der Waals surface area contributed by atoms with Gasteiger partial charge in [-0.3, -0.25) is 9.55 Å². The number of rotatable bonds is 9. The first-order valence-electron chi connectivity index (χ1n) is 7.34. The molecule has 1 aromatic carbocycles. The van der Waals surface area contributed by atoms with Crippen LogP contribution in [0.2, 0.25) is 0 Å². The fraction of sp³-hybridized carbons (Fsp3) is 0.312. The van der Waals surface area contributed by atoms with Crippen LogP contribution >= 0.6 is 20.0 Å². The Bertz CT molecular complexity index is 630. The second-order valence-corrected chi connectivity index (χ2v) is 7.03. The molecule has 1 heterocycles. The smallest absolute Gasteiger partial charge is 0.332 e. The molecule has 0 saturated heterocycles. The van der Waals surface area contributed by atoms with Crippen molar-refractivity contribution in [1.82, 2.24) is 10.3 Å². The van der Waals surface area contributed by atoms with Crippen LogP contribution in [-0.4, -0.2) is 34.2 Å². The Kier molecular flexibility index (Phi) is 9.14. The van der Waals surface area contributed by atoms with Crippen LogP contribution in [0.1, 0.15) is 11.3 Å². The summed E-state index contributed by atoms with van der Waals surface area (Å²) in [5.74, 6) is 0. The maximum atomic E-state index is 12.0. The van der Waals surface area contributed by atoms with Crippen LogP contribution in [0.3, 0.4) is 0 Å². The number of pyridine rings is 1. The van der Waals surface area contributed by atoms with Gasteiger partial charge in [-0.1, -0.05) is 36.4 Å². The largest absolute Gasteiger partial charge is 0.389 e. The fourth-order valence-electron chi connectivity index (χ4n) is 1.99. The van der Waals surface area contributed by atoms with Gasteiger partial charge >= 0.3 is 7.60 Å². The van der Waals surface area contributed by atoms with E-state index < -0.39 is 13.7 Å². The quantitative estimate of drug-likeness (QED) is 0.585. The van der Waals surface area contributed by atoms with Gasteiger partial charge in [-0.05, 0) is 17.7 Å². The van der Waals surface area contributed by atoms with Crippen molar-refractivity contribution < 1.29 is 19.1 Å². The van der Waals surface area contributed by atoms with Crippen molar-refractivity contribution in [3.8, 4) is 0 Å². The van der Waals surface area contributed by atoms with Crippen LogP contribution in [0.25, 0.3) is 0 Å². The lowest BCUT2D eigenvalue weighted by molar-refractivity contribution is 0.0981. The topological polar surface area (TPSA) is 91.7 Å². The van der Waals surface area contributed by atoms with Gasteiger partial charge in [0.25, 0.3) is 0 Å². The highest BCUT2D eigenvalue weighted by Gasteiger charge is 2.21. The summed E-state index contributed by atoms with van der Waals surface area (Å²) in [6.07, 6.45) is 0.763. The molecule has 0 saturated carbocycles. The number of aliphatic hydroxyl groups excluding tert-OH is 1. The number of hydrogen-bond donors (Lipinski definition) is 3. The van der Waals surface area contributed by atoms with Gasteiger partial charge in [0, 0.05) is 19.3 Å². The van der Waals surface area contributed by atoms with Gasteiger partial charge in [0.15, 0.2) is 0 Å². The van der Waals surface area contributed by atoms with E-state index in [1.54, 1.807) is 30.5 Å². The van der Waals surface area contributed by atoms with Gasteiger partial charge in [-0.2, -0.15) is 0 Å². The van der Waals surface area contributed by atoms with E-state index in [9.17, 15) is 14.6 Å². The van der Waals surface area contributed by atoms with E-state index in [1.807, 2.05) is 24.3 Å². The summed E-state index contributed by atoms with van der Waals surface area (Å²) < 4.78 is 17.0. The monoisotopic (exact) mass is 372 g/mol. The van der Waals surface area contributed by atoms with Crippen molar-refractivity contribution in [1.29, 1.82) is 0 Å². The van der Waals surface area contributed by atoms with Crippen LogP contribution in [-0.2, 0) is 21.8 Å². The Morgan fingerprint density at radius 3 is 2.54 bits per heavy atom. The molecule has 0 spiro atoms. The number of nitrogens with zero attached hydrogens (tertiary/aromatic N) is 1. The second kappa shape index (κ2) is 10.6. The molecule has 0 amide bonds. The van der Waals surface area contributed by atoms with Crippen LogP contribution < -0.4 is 5.32 Å². The highest BCUT2D eigenvalue weighted by atomic mass is 35.5. The van der Waals surface area contributed by atoms with Crippen LogP contribution in [0.15, 0.2) is 54.7 Å². The summed E-state index contributed by atoms with van der Waals surface area (Å²) in [6, 6.07) is 14.5. The zero-order valence-electron chi connectivity index (χ0n) is 13.1. The summed E-state index contributed by atoms with van der Waals surface area (Å²) in [4.78, 5) is 14.0. The molecule has 2 atom stereocenters. The molecule has 132 valence electrons. The molecule has 24 heavy (non-hydrogen) atoms. The first kappa shape index (κ1) is 20.8. The van der Waals surface area contributed by atoms with E-state index in [4.69, 9.17) is 4.52 Å². The third kappa shape index (κ3) is 8.02. The minimum Gasteiger partial charge on any atom is -0.389 e. The third-order valence-electron chi connectivity index (χ3n) is 3.11. The number of aromatic nitrogens is 1. The molecule has 0 aliphatic carbocycles. The maximum absolute atomic E-state index is 12.0. The van der Waals surface area contributed by atoms with Crippen molar-refractivity contribution in [2.24, 2.45) is 0 Å². The van der Waals surface area contributed by atoms with Gasteiger partial charge in [0.1, 0.15) is 0 Å². The van der Waals surface area contributed by atoms with E-state index in [-0.39, 0.29) is 31.7 Å². The number of halogens is 1. The average molecular weight is 373 g/mol. The van der Waals surface area contributed by atoms with Gasteiger partial charge < -0.3 is 19.8 Å². The van der Waals surface area contributed by atoms with Crippen molar-refractivity contribution in [2.45, 2.75) is 18.8 Å². The van der Waals surface area contributed by atoms with E-state index in [2.05, 4.69) is 10.3 Å². The van der Waals surface area contributed by atoms with E-state index in [1.165, 1.54) is 0 Å². The normalized spacial score (nSPS) is 14.4. The summed E-state index contributed by atoms with van der Waals surface area (Å²) in [5.41, 5.74) is 1.58. The molecule has 0 aliphatic heterocycles. The minimum absolute atomic E-state index is 0. The molecule has 8 heteroatoms. The summed E-state index contributed by atoms with van der Waals surface area (Å²) in [6.45, 7) is 0.566. The molecule has 3 N–H and O–H groups in total. The lowest BCUT2D eigenvalue weighted by atomic mass is 10.2. The highest BCUT2D eigenvalue weighted by molar-refractivity contribution is 7.51. The number of benzene rings is 1. The summed E-state index contributed by atoms with van der Waals surface area (Å²) in [5, 5.41) is 12.8. The lowest BCUT2D eigenvalue weighted by Crippen LogP contribution is -2.30. The fourth-order valence-corrected chi connectivity index (χ4v) is 3.16. The van der Waals surface area contributed by atoms with E-state index in [0.29, 0.717) is 6.54 Å². The predicted octanol–water partition coefficient (Wildman–Crippen LogP) is 2.36. The summed E-state index contributed by atoms with van der Waals surface area (Å²) >= 11 is 0. The van der Waals surface area contributed by atoms with Gasteiger partial charge in [-0.15, -0.1) is 12.4 Å². The predicted molar refractivity (Wildman–Crippen MR) is 95.1 cm³/mol. The van der Waals surface area contributed by atoms with Crippen LogP contribution in [0, 0.1) is 0 Å². The SMILES string of the molecule is Cl.O=P(O)(Cc1ccccc1)OC[C@@H](O)CNCc1ccccn1. The van der Waals surface area contributed by atoms with Gasteiger partial charge in [0.2, 0.25) is 0 Å². The zero-order chi connectivity index (χ0) is 16.5. The Morgan fingerprint density at radius 1 is 1.17 bits per heavy atom. The first-order valence-corrected chi connectivity index (χ1v) is 9.10. The highest BCUT2D eigenvalue weighted by Crippen LogP contribution is 2.45. The summed E-state index contributed by atoms with van der Waals surface area (Å²) in [7, 11) is -3.76. The first-order chi connectivity index (χ1) is 11.1. The number of hydrogen-bond acceptors (Lipinski definition) is 5. The molecule has 0 radical (unpaired) electrons. The molecule has 0 fully saturated rings. The molecule has 2 rings (SSSR count). The second-order valence-electron chi connectivity index (χ2n) is 5.18. The minimum atomic E-state index is -3.76. The molecule has 6 nitrogen and oxygen atoms in total. The lowest BCUT2D eigenvalue weighted by Gasteiger charge is -2.16. The third-order valence-corrected chi connectivity index (χ3v) is 4.42. The molecule has 2 aromatic rings. The average Bonchev–Trinajstić information content (AvgIpc) is 2.55. The molecule has 0 bridgehead atoms. The van der Waals surface area contributed by atoms with E-state index in [0.717, 1.165) is 11.3 Å². The van der Waals surface area contributed by atoms with Crippen LogP contribution in [0.5, 0.6) is 0 Å². The standard InChI is InChI=1S/C16H21N2O4P.ClH/c19-16(11-17-10-15-8-4-5-9-18-15)12-22-23(20,21)13-14-6-2-1-3-7-14;/h1-9,16-17,19H,10-13H2,(H,20,21);1H/t16-;/m0./s1. The molecular formula is C16H22ClN2O4P. The van der Waals surface area contributed by atoms with Crippen molar-refractivity contribution in [2.75, 3.05) is 13.2 Å².